The Hall–Kier alpha value is -4.89. The average molecular weight is 668 g/mol. The number of carbonyl (C=O) groups excluding carboxylic acids is 2. The van der Waals surface area contributed by atoms with Crippen LogP contribution in [0.1, 0.15) is 40.5 Å². The van der Waals surface area contributed by atoms with Gasteiger partial charge in [0.15, 0.2) is 0 Å². The van der Waals surface area contributed by atoms with Crippen LogP contribution in [0.25, 0.3) is 11.0 Å². The minimum Gasteiger partial charge on any atom is -0.471 e. The molecule has 2 aliphatic rings. The van der Waals surface area contributed by atoms with Crippen molar-refractivity contribution in [1.29, 1.82) is 0 Å². The molecule has 3 N–H and O–H groups in total. The van der Waals surface area contributed by atoms with E-state index in [1.807, 2.05) is 30.0 Å². The average Bonchev–Trinajstić information content (AvgIpc) is 3.47. The first-order valence-electron chi connectivity index (χ1n) is 15.4. The maximum Gasteiger partial charge on any atom is 0.421 e. The number of urea groups is 1. The summed E-state index contributed by atoms with van der Waals surface area (Å²) in [5, 5.41) is 13.5. The normalized spacial score (nSPS) is 19.9. The van der Waals surface area contributed by atoms with Crippen LogP contribution in [0.5, 0.6) is 17.4 Å². The number of halogens is 3. The summed E-state index contributed by atoms with van der Waals surface area (Å²) in [6.45, 7) is 2.88. The minimum atomic E-state index is -4.81. The van der Waals surface area contributed by atoms with Crippen LogP contribution in [0.15, 0.2) is 48.8 Å². The molecule has 254 valence electrons. The molecule has 1 aromatic carbocycles. The quantitative estimate of drug-likeness (QED) is 0.265. The summed E-state index contributed by atoms with van der Waals surface area (Å²) in [5.74, 6) is 0.136. The number of pyridine rings is 2. The maximum absolute atomic E-state index is 14.1. The first-order chi connectivity index (χ1) is 22.8. The number of nitrogens with zero attached hydrogens (tertiary/aromatic N) is 5. The van der Waals surface area contributed by atoms with E-state index in [2.05, 4.69) is 20.3 Å². The molecule has 0 bridgehead atoms. The fourth-order valence-corrected chi connectivity index (χ4v) is 5.99. The van der Waals surface area contributed by atoms with E-state index in [1.165, 1.54) is 9.80 Å². The number of aliphatic hydroxyl groups excluding tert-OH is 1. The van der Waals surface area contributed by atoms with Crippen molar-refractivity contribution in [3.8, 4) is 17.4 Å². The number of aromatic nitrogens is 3. The Morgan fingerprint density at radius 3 is 2.65 bits per heavy atom. The van der Waals surface area contributed by atoms with Crippen LogP contribution in [0, 0.1) is 0 Å². The summed E-state index contributed by atoms with van der Waals surface area (Å²) >= 11 is 0. The number of ether oxygens (including phenoxy) is 2. The number of aliphatic hydroxyl groups is 1. The van der Waals surface area contributed by atoms with E-state index in [-0.39, 0.29) is 30.7 Å². The van der Waals surface area contributed by atoms with E-state index in [9.17, 15) is 27.9 Å². The Kier molecular flexibility index (Phi) is 8.92. The molecule has 1 saturated heterocycles. The molecule has 15 heteroatoms. The topological polar surface area (TPSA) is 136 Å². The van der Waals surface area contributed by atoms with Gasteiger partial charge < -0.3 is 39.6 Å². The molecule has 0 spiro atoms. The van der Waals surface area contributed by atoms with Crippen LogP contribution in [-0.2, 0) is 19.1 Å². The van der Waals surface area contributed by atoms with E-state index in [4.69, 9.17) is 9.47 Å². The molecular formula is C33H36F3N7O5. The molecule has 4 aromatic rings. The van der Waals surface area contributed by atoms with E-state index in [1.54, 1.807) is 39.5 Å². The molecule has 0 saturated carbocycles. The lowest BCUT2D eigenvalue weighted by Gasteiger charge is -2.35. The third-order valence-electron chi connectivity index (χ3n) is 8.58. The number of hydrogen-bond donors (Lipinski definition) is 3. The van der Waals surface area contributed by atoms with E-state index < -0.39 is 35.9 Å². The molecule has 2 aliphatic heterocycles. The molecule has 5 heterocycles. The van der Waals surface area contributed by atoms with E-state index in [0.29, 0.717) is 47.6 Å². The Morgan fingerprint density at radius 2 is 1.92 bits per heavy atom. The van der Waals surface area contributed by atoms with Crippen molar-refractivity contribution in [3.63, 3.8) is 0 Å². The number of aromatic amines is 1. The zero-order valence-electron chi connectivity index (χ0n) is 26.8. The van der Waals surface area contributed by atoms with Crippen molar-refractivity contribution >= 4 is 28.7 Å². The third kappa shape index (κ3) is 6.87. The Balaban J connectivity index is 1.18. The number of β-amino-alcohol motifs (C(OH)–C–C–N with tert-alkyl or cyclic N) is 1. The predicted molar refractivity (Wildman–Crippen MR) is 170 cm³/mol. The number of likely N-dealkylation sites (N-methyl/N-ethyl adjacent to an activating group) is 1. The van der Waals surface area contributed by atoms with Crippen LogP contribution in [0.2, 0.25) is 0 Å². The van der Waals surface area contributed by atoms with Gasteiger partial charge in [0.05, 0.1) is 17.3 Å². The maximum atomic E-state index is 14.1. The number of benzene rings is 1. The van der Waals surface area contributed by atoms with E-state index in [0.717, 1.165) is 23.4 Å². The van der Waals surface area contributed by atoms with Gasteiger partial charge >= 0.3 is 12.2 Å². The summed E-state index contributed by atoms with van der Waals surface area (Å²) < 4.78 is 53.9. The molecule has 3 amide bonds. The molecule has 3 aromatic heterocycles. The highest BCUT2D eigenvalue weighted by Crippen LogP contribution is 2.38. The van der Waals surface area contributed by atoms with Crippen molar-refractivity contribution in [1.82, 2.24) is 29.7 Å². The van der Waals surface area contributed by atoms with Crippen molar-refractivity contribution in [2.75, 3.05) is 39.5 Å². The molecule has 1 fully saturated rings. The number of carbonyl (C=O) groups is 2. The number of fused-ring (bicyclic) bond motifs is 2. The van der Waals surface area contributed by atoms with Gasteiger partial charge in [0, 0.05) is 46.0 Å². The van der Waals surface area contributed by atoms with Crippen LogP contribution < -0.4 is 14.8 Å². The van der Waals surface area contributed by atoms with Gasteiger partial charge in [-0.2, -0.15) is 13.2 Å². The smallest absolute Gasteiger partial charge is 0.421 e. The summed E-state index contributed by atoms with van der Waals surface area (Å²) in [6.07, 6.45) is -3.06. The molecule has 0 radical (unpaired) electrons. The molecule has 12 nitrogen and oxygen atoms in total. The first kappa shape index (κ1) is 33.0. The van der Waals surface area contributed by atoms with Gasteiger partial charge in [0.25, 0.3) is 5.91 Å². The van der Waals surface area contributed by atoms with Crippen molar-refractivity contribution in [2.45, 2.75) is 50.7 Å². The third-order valence-corrected chi connectivity index (χ3v) is 8.58. The zero-order chi connectivity index (χ0) is 34.3. The van der Waals surface area contributed by atoms with Crippen molar-refractivity contribution in [3.05, 3.63) is 71.2 Å². The van der Waals surface area contributed by atoms with Gasteiger partial charge in [-0.05, 0) is 68.3 Å². The largest absolute Gasteiger partial charge is 0.471 e. The molecule has 6 rings (SSSR count). The summed E-state index contributed by atoms with van der Waals surface area (Å²) in [6, 6.07) is 8.90. The fourth-order valence-electron chi connectivity index (χ4n) is 5.99. The first-order valence-corrected chi connectivity index (χ1v) is 15.4. The standard InChI is InChI=1S/C33H36F3N7O5/c1-18-11-19-5-6-22(47-27-7-9-37-29-23(27)14-25(40-29)31(45)41(2)3)12-20(19)16-43(18)32(46)39-21-13-24(33(34,35)36)30(38-15-21)48-28-8-10-42(4)17-26(28)44/h5-7,9,12-15,18,26,28,44H,8,10-11,16-17H2,1-4H3,(H,37,40)(H,39,46)/t18-,26+,28-/m1/s1. The number of anilines is 1. The second-order valence-corrected chi connectivity index (χ2v) is 12.4. The number of amides is 3. The van der Waals surface area contributed by atoms with Crippen LogP contribution in [0.3, 0.4) is 0 Å². The van der Waals surface area contributed by atoms with Gasteiger partial charge in [-0.25, -0.2) is 14.8 Å². The second kappa shape index (κ2) is 13.0. The number of piperidine rings is 1. The molecule has 0 aliphatic carbocycles. The van der Waals surface area contributed by atoms with Crippen molar-refractivity contribution in [2.24, 2.45) is 0 Å². The van der Waals surface area contributed by atoms with Gasteiger partial charge in [-0.3, -0.25) is 4.79 Å². The lowest BCUT2D eigenvalue weighted by Crippen LogP contribution is -2.47. The number of rotatable bonds is 6. The minimum absolute atomic E-state index is 0.140. The summed E-state index contributed by atoms with van der Waals surface area (Å²) in [5.41, 5.74) is 1.41. The Morgan fingerprint density at radius 1 is 1.12 bits per heavy atom. The lowest BCUT2D eigenvalue weighted by atomic mass is 9.95. The number of alkyl halides is 3. The summed E-state index contributed by atoms with van der Waals surface area (Å²) in [4.78, 5) is 41.9. The highest BCUT2D eigenvalue weighted by atomic mass is 19.4. The molecule has 0 unspecified atom stereocenters. The highest BCUT2D eigenvalue weighted by Gasteiger charge is 2.38. The van der Waals surface area contributed by atoms with Crippen LogP contribution in [0.4, 0.5) is 23.7 Å². The molecular weight excluding hydrogens is 631 g/mol. The van der Waals surface area contributed by atoms with Gasteiger partial charge in [-0.1, -0.05) is 6.07 Å². The molecule has 3 atom stereocenters. The number of nitrogens with one attached hydrogen (secondary N) is 2. The monoisotopic (exact) mass is 667 g/mol. The molecule has 48 heavy (non-hydrogen) atoms. The van der Waals surface area contributed by atoms with E-state index >= 15 is 0 Å². The second-order valence-electron chi connectivity index (χ2n) is 12.4. The predicted octanol–water partition coefficient (Wildman–Crippen LogP) is 4.89. The lowest BCUT2D eigenvalue weighted by molar-refractivity contribution is -0.140. The SMILES string of the molecule is C[C@@H]1Cc2ccc(Oc3ccnc4[nH]c(C(=O)N(C)C)cc34)cc2CN1C(=O)Nc1cnc(O[C@@H]2CCN(C)C[C@@H]2O)c(C(F)(F)F)c1. The Labute approximate surface area is 274 Å². The van der Waals surface area contributed by atoms with Crippen LogP contribution >= 0.6 is 0 Å². The van der Waals surface area contributed by atoms with Gasteiger partial charge in [0.2, 0.25) is 5.88 Å². The zero-order valence-corrected chi connectivity index (χ0v) is 26.8. The van der Waals surface area contributed by atoms with Gasteiger partial charge in [0.1, 0.15) is 40.6 Å². The highest BCUT2D eigenvalue weighted by molar-refractivity contribution is 5.98. The number of likely N-dealkylation sites (tertiary alicyclic amines) is 1. The number of H-pyrrole nitrogens is 1. The van der Waals surface area contributed by atoms with Crippen LogP contribution in [-0.4, -0.2) is 99.2 Å². The fraction of sp³-hybridized carbons (Fsp3) is 0.394. The van der Waals surface area contributed by atoms with Gasteiger partial charge in [-0.15, -0.1) is 0 Å². The summed E-state index contributed by atoms with van der Waals surface area (Å²) in [7, 11) is 5.12. The van der Waals surface area contributed by atoms with Crippen molar-refractivity contribution < 1.29 is 37.3 Å². The Bertz CT molecular complexity index is 1850. The number of hydrogen-bond acceptors (Lipinski definition) is 8.